The Bertz CT molecular complexity index is 2020. The Kier molecular flexibility index (Phi) is 8.33. The number of fused-ring (bicyclic) bond motifs is 4. The highest BCUT2D eigenvalue weighted by Gasteiger charge is 2.35. The third kappa shape index (κ3) is 6.22. The molecule has 2 bridgehead atoms. The Balaban J connectivity index is 1.42. The minimum absolute atomic E-state index is 0.162. The van der Waals surface area contributed by atoms with Crippen LogP contribution in [0.5, 0.6) is 0 Å². The van der Waals surface area contributed by atoms with E-state index in [0.717, 1.165) is 22.0 Å². The van der Waals surface area contributed by atoms with Crippen LogP contribution in [0.3, 0.4) is 0 Å². The van der Waals surface area contributed by atoms with Crippen LogP contribution in [-0.4, -0.2) is 40.9 Å². The molecule has 2 N–H and O–H groups in total. The molecule has 4 heterocycles. The van der Waals surface area contributed by atoms with Crippen molar-refractivity contribution in [2.24, 2.45) is 5.92 Å². The van der Waals surface area contributed by atoms with Crippen molar-refractivity contribution in [1.29, 1.82) is 5.26 Å². The summed E-state index contributed by atoms with van der Waals surface area (Å²) in [4.78, 5) is 22.8. The van der Waals surface area contributed by atoms with Crippen molar-refractivity contribution < 1.29 is 18.3 Å². The molecular weight excluding hydrogens is 621 g/mol. The summed E-state index contributed by atoms with van der Waals surface area (Å²) >= 11 is 6.24. The summed E-state index contributed by atoms with van der Waals surface area (Å²) < 4.78 is 42.1. The van der Waals surface area contributed by atoms with Crippen molar-refractivity contribution in [3.05, 3.63) is 106 Å². The minimum atomic E-state index is -4.68. The molecule has 0 saturated heterocycles. The summed E-state index contributed by atoms with van der Waals surface area (Å²) in [5, 5.41) is 30.6. The summed E-state index contributed by atoms with van der Waals surface area (Å²) in [6.07, 6.45) is -0.0917. The van der Waals surface area contributed by atoms with Gasteiger partial charge in [0.25, 0.3) is 5.56 Å². The first kappa shape index (κ1) is 30.9. The van der Waals surface area contributed by atoms with Crippen molar-refractivity contribution in [2.75, 3.05) is 5.32 Å². The fourth-order valence-electron chi connectivity index (χ4n) is 5.53. The van der Waals surface area contributed by atoms with E-state index in [-0.39, 0.29) is 22.9 Å². The molecule has 1 aliphatic rings. The summed E-state index contributed by atoms with van der Waals surface area (Å²) in [7, 11) is 0. The lowest BCUT2D eigenvalue weighted by atomic mass is 9.93. The number of pyridine rings is 1. The lowest BCUT2D eigenvalue weighted by molar-refractivity contribution is -0.141. The number of anilines is 1. The third-order valence-electron chi connectivity index (χ3n) is 7.98. The van der Waals surface area contributed by atoms with Crippen molar-refractivity contribution in [3.63, 3.8) is 0 Å². The summed E-state index contributed by atoms with van der Waals surface area (Å²) in [5.74, 6) is -0.162. The Morgan fingerprint density at radius 2 is 1.93 bits per heavy atom. The smallest absolute Gasteiger partial charge is 0.374 e. The SMILES string of the molecule is C[C@@H]1CCC[C@H](n2cnc(-c3cc(Cl)ccc3-n3cc(C(F)(F)F)nn3)cc2=O)c2cccc(c2)-c2ncc(C#N)cc2NC1O. The van der Waals surface area contributed by atoms with E-state index in [0.29, 0.717) is 46.8 Å². The normalized spacial score (nSPS) is 18.4. The van der Waals surface area contributed by atoms with E-state index >= 15 is 0 Å². The van der Waals surface area contributed by atoms with Gasteiger partial charge >= 0.3 is 6.18 Å². The Hall–Kier alpha value is -5.06. The number of halogens is 4. The maximum atomic E-state index is 13.7. The van der Waals surface area contributed by atoms with Crippen LogP contribution >= 0.6 is 11.6 Å². The number of aliphatic hydroxyl groups excluding tert-OH is 1. The zero-order chi connectivity index (χ0) is 32.6. The first-order valence-corrected chi connectivity index (χ1v) is 14.7. The number of nitrogens with zero attached hydrogens (tertiary/aromatic N) is 7. The fourth-order valence-corrected chi connectivity index (χ4v) is 5.71. The molecule has 234 valence electrons. The number of nitrogens with one attached hydrogen (secondary N) is 1. The van der Waals surface area contributed by atoms with Gasteiger partial charge in [-0.25, -0.2) is 9.67 Å². The largest absolute Gasteiger partial charge is 0.436 e. The predicted octanol–water partition coefficient (Wildman–Crippen LogP) is 6.24. The number of alkyl halides is 3. The maximum absolute atomic E-state index is 13.7. The molecule has 1 unspecified atom stereocenters. The third-order valence-corrected chi connectivity index (χ3v) is 8.21. The predicted molar refractivity (Wildman–Crippen MR) is 164 cm³/mol. The average Bonchev–Trinajstić information content (AvgIpc) is 3.54. The number of rotatable bonds is 3. The van der Waals surface area contributed by atoms with E-state index in [4.69, 9.17) is 11.6 Å². The molecule has 1 aliphatic heterocycles. The monoisotopic (exact) mass is 646 g/mol. The van der Waals surface area contributed by atoms with Gasteiger partial charge < -0.3 is 10.4 Å². The van der Waals surface area contributed by atoms with Crippen LogP contribution in [-0.2, 0) is 6.18 Å². The molecule has 3 atom stereocenters. The summed E-state index contributed by atoms with van der Waals surface area (Å²) in [6.45, 7) is 1.91. The van der Waals surface area contributed by atoms with Crippen molar-refractivity contribution in [3.8, 4) is 34.3 Å². The molecule has 6 rings (SSSR count). The number of benzene rings is 2. The first-order chi connectivity index (χ1) is 22.0. The Morgan fingerprint density at radius 3 is 2.67 bits per heavy atom. The van der Waals surface area contributed by atoms with E-state index in [1.54, 1.807) is 6.07 Å². The molecule has 0 radical (unpaired) electrons. The lowest BCUT2D eigenvalue weighted by Gasteiger charge is -2.26. The van der Waals surface area contributed by atoms with Crippen molar-refractivity contribution >= 4 is 17.3 Å². The molecule has 0 spiro atoms. The van der Waals surface area contributed by atoms with Gasteiger partial charge in [0.1, 0.15) is 12.3 Å². The highest BCUT2D eigenvalue weighted by molar-refractivity contribution is 6.31. The molecule has 0 amide bonds. The second-order valence-corrected chi connectivity index (χ2v) is 11.5. The average molecular weight is 647 g/mol. The summed E-state index contributed by atoms with van der Waals surface area (Å²) in [6, 6.07) is 16.6. The van der Waals surface area contributed by atoms with Gasteiger partial charge in [0.05, 0.1) is 46.9 Å². The van der Waals surface area contributed by atoms with Gasteiger partial charge in [0.2, 0.25) is 0 Å². The van der Waals surface area contributed by atoms with E-state index < -0.39 is 24.1 Å². The zero-order valence-electron chi connectivity index (χ0n) is 24.3. The first-order valence-electron chi connectivity index (χ1n) is 14.3. The highest BCUT2D eigenvalue weighted by atomic mass is 35.5. The van der Waals surface area contributed by atoms with Gasteiger partial charge in [-0.05, 0) is 48.7 Å². The molecule has 5 aromatic rings. The van der Waals surface area contributed by atoms with E-state index in [1.165, 1.54) is 41.4 Å². The van der Waals surface area contributed by atoms with Gasteiger partial charge in [-0.3, -0.25) is 14.3 Å². The number of hydrogen-bond acceptors (Lipinski definition) is 8. The fraction of sp³-hybridized carbons (Fsp3) is 0.250. The molecule has 0 fully saturated rings. The summed E-state index contributed by atoms with van der Waals surface area (Å²) in [5.41, 5.74) is 2.10. The Morgan fingerprint density at radius 1 is 1.11 bits per heavy atom. The van der Waals surface area contributed by atoms with Crippen LogP contribution in [0.25, 0.3) is 28.2 Å². The Labute approximate surface area is 265 Å². The zero-order valence-corrected chi connectivity index (χ0v) is 25.0. The van der Waals surface area contributed by atoms with Gasteiger partial charge in [-0.2, -0.15) is 18.4 Å². The van der Waals surface area contributed by atoms with Crippen LogP contribution < -0.4 is 10.9 Å². The second kappa shape index (κ2) is 12.4. The molecule has 14 heteroatoms. The molecule has 0 aliphatic carbocycles. The van der Waals surface area contributed by atoms with E-state index in [1.807, 2.05) is 31.2 Å². The van der Waals surface area contributed by atoms with Crippen LogP contribution in [0.1, 0.15) is 49.0 Å². The van der Waals surface area contributed by atoms with E-state index in [2.05, 4.69) is 31.7 Å². The molecular formula is C32H26ClF3N8O2. The van der Waals surface area contributed by atoms with Gasteiger partial charge in [-0.1, -0.05) is 48.4 Å². The molecule has 3 aromatic heterocycles. The lowest BCUT2D eigenvalue weighted by Crippen LogP contribution is -2.29. The van der Waals surface area contributed by atoms with Crippen molar-refractivity contribution in [2.45, 2.75) is 44.6 Å². The van der Waals surface area contributed by atoms with Gasteiger partial charge in [0, 0.05) is 34.3 Å². The van der Waals surface area contributed by atoms with Gasteiger partial charge in [0.15, 0.2) is 5.69 Å². The molecule has 0 saturated carbocycles. The van der Waals surface area contributed by atoms with Crippen LogP contribution in [0, 0.1) is 17.2 Å². The van der Waals surface area contributed by atoms with Crippen molar-refractivity contribution in [1.82, 2.24) is 29.5 Å². The standard InChI is InChI=1S/C32H26ClF3N8O2/c1-18-4-2-7-26(20-5-3-6-21(11-20)30-25(40-31(18)46)10-19(14-37)15-38-30)43-17-39-24(13-29(43)45)23-12-22(33)8-9-27(23)44-16-28(41-42-44)32(34,35)36/h3,5-6,8-13,15-18,26,31,40,46H,2,4,7H2,1H3/t18-,26+,31?/m1/s1. The van der Waals surface area contributed by atoms with Crippen LogP contribution in [0.2, 0.25) is 5.02 Å². The minimum Gasteiger partial charge on any atom is -0.374 e. The van der Waals surface area contributed by atoms with E-state index in [9.17, 15) is 28.3 Å². The topological polar surface area (TPSA) is 135 Å². The molecule has 10 nitrogen and oxygen atoms in total. The number of hydrogen-bond donors (Lipinski definition) is 2. The highest BCUT2D eigenvalue weighted by Crippen LogP contribution is 2.35. The van der Waals surface area contributed by atoms with Crippen LogP contribution in [0.15, 0.2) is 78.1 Å². The van der Waals surface area contributed by atoms with Gasteiger partial charge in [-0.15, -0.1) is 5.10 Å². The number of aromatic nitrogens is 6. The quantitative estimate of drug-likeness (QED) is 0.235. The second-order valence-electron chi connectivity index (χ2n) is 11.1. The molecule has 2 aromatic carbocycles. The number of aliphatic hydroxyl groups is 1. The molecule has 46 heavy (non-hydrogen) atoms. The number of nitriles is 1. The van der Waals surface area contributed by atoms with Crippen LogP contribution in [0.4, 0.5) is 18.9 Å². The maximum Gasteiger partial charge on any atom is 0.436 e.